The van der Waals surface area contributed by atoms with Crippen molar-refractivity contribution in [3.05, 3.63) is 0 Å². The van der Waals surface area contributed by atoms with Gasteiger partial charge in [0.1, 0.15) is 0 Å². The van der Waals surface area contributed by atoms with Gasteiger partial charge >= 0.3 is 0 Å². The summed E-state index contributed by atoms with van der Waals surface area (Å²) in [5.41, 5.74) is 0. The maximum absolute atomic E-state index is 12.4. The molecule has 0 aromatic rings. The molecule has 0 spiro atoms. The van der Waals surface area contributed by atoms with Gasteiger partial charge in [-0.15, -0.1) is 0 Å². The summed E-state index contributed by atoms with van der Waals surface area (Å²) < 4.78 is 25.5. The fourth-order valence-corrected chi connectivity index (χ4v) is 5.24. The summed E-state index contributed by atoms with van der Waals surface area (Å²) in [6, 6.07) is 0. The van der Waals surface area contributed by atoms with Crippen molar-refractivity contribution >= 4 is 15.9 Å². The van der Waals surface area contributed by atoms with Gasteiger partial charge in [-0.05, 0) is 37.5 Å². The highest BCUT2D eigenvalue weighted by Crippen LogP contribution is 2.54. The third-order valence-electron chi connectivity index (χ3n) is 5.00. The molecular weight excluding hydrogens is 276 g/mol. The van der Waals surface area contributed by atoms with Crippen LogP contribution in [0.2, 0.25) is 0 Å². The first-order valence-electron chi connectivity index (χ1n) is 7.78. The van der Waals surface area contributed by atoms with E-state index in [1.807, 2.05) is 11.8 Å². The Hall–Kier alpha value is -0.620. The molecule has 3 rings (SSSR count). The number of rotatable bonds is 4. The summed E-state index contributed by atoms with van der Waals surface area (Å²) >= 11 is 0. The van der Waals surface area contributed by atoms with Crippen LogP contribution in [0.3, 0.4) is 0 Å². The number of amides is 1. The van der Waals surface area contributed by atoms with E-state index in [0.717, 1.165) is 24.7 Å². The number of hydrogen-bond acceptors (Lipinski definition) is 3. The van der Waals surface area contributed by atoms with E-state index in [4.69, 9.17) is 0 Å². The molecule has 1 saturated heterocycles. The van der Waals surface area contributed by atoms with Crippen molar-refractivity contribution in [1.82, 2.24) is 9.21 Å². The SMILES string of the molecule is CCCS(=O)(=O)N1CCN(C(=O)C2CC3CC3C2)CC1. The Morgan fingerprint density at radius 2 is 1.65 bits per heavy atom. The number of carbonyl (C=O) groups is 1. The Balaban J connectivity index is 1.52. The minimum Gasteiger partial charge on any atom is -0.340 e. The van der Waals surface area contributed by atoms with Gasteiger partial charge in [0, 0.05) is 32.1 Å². The molecule has 2 atom stereocenters. The van der Waals surface area contributed by atoms with Gasteiger partial charge < -0.3 is 4.90 Å². The lowest BCUT2D eigenvalue weighted by Crippen LogP contribution is -2.52. The molecule has 2 saturated carbocycles. The Morgan fingerprint density at radius 1 is 1.05 bits per heavy atom. The van der Waals surface area contributed by atoms with Crippen LogP contribution in [-0.2, 0) is 14.8 Å². The number of nitrogens with zero attached hydrogens (tertiary/aromatic N) is 2. The Labute approximate surface area is 121 Å². The van der Waals surface area contributed by atoms with E-state index in [1.54, 1.807) is 4.31 Å². The van der Waals surface area contributed by atoms with E-state index in [1.165, 1.54) is 6.42 Å². The third-order valence-corrected chi connectivity index (χ3v) is 7.07. The summed E-state index contributed by atoms with van der Waals surface area (Å²) in [6.45, 7) is 3.94. The lowest BCUT2D eigenvalue weighted by atomic mass is 10.0. The van der Waals surface area contributed by atoms with E-state index in [2.05, 4.69) is 0 Å². The summed E-state index contributed by atoms with van der Waals surface area (Å²) in [7, 11) is -3.11. The minimum atomic E-state index is -3.11. The van der Waals surface area contributed by atoms with Crippen molar-refractivity contribution in [2.24, 2.45) is 17.8 Å². The molecule has 1 amide bonds. The lowest BCUT2D eigenvalue weighted by molar-refractivity contribution is -0.136. The highest BCUT2D eigenvalue weighted by molar-refractivity contribution is 7.89. The van der Waals surface area contributed by atoms with Crippen LogP contribution in [0.1, 0.15) is 32.6 Å². The fraction of sp³-hybridized carbons (Fsp3) is 0.929. The summed E-state index contributed by atoms with van der Waals surface area (Å²) in [5.74, 6) is 2.33. The molecule has 0 bridgehead atoms. The quantitative estimate of drug-likeness (QED) is 0.775. The molecule has 114 valence electrons. The van der Waals surface area contributed by atoms with Crippen LogP contribution in [-0.4, -0.2) is 55.5 Å². The second-order valence-electron chi connectivity index (χ2n) is 6.46. The van der Waals surface area contributed by atoms with E-state index in [9.17, 15) is 13.2 Å². The van der Waals surface area contributed by atoms with E-state index in [-0.39, 0.29) is 17.6 Å². The molecule has 3 fully saturated rings. The number of piperazine rings is 1. The van der Waals surface area contributed by atoms with Gasteiger partial charge in [0.05, 0.1) is 5.75 Å². The van der Waals surface area contributed by atoms with Gasteiger partial charge in [0.15, 0.2) is 0 Å². The number of fused-ring (bicyclic) bond motifs is 1. The maximum atomic E-state index is 12.4. The van der Waals surface area contributed by atoms with Crippen molar-refractivity contribution in [3.63, 3.8) is 0 Å². The first-order chi connectivity index (χ1) is 9.51. The van der Waals surface area contributed by atoms with Crippen molar-refractivity contribution < 1.29 is 13.2 Å². The average molecular weight is 300 g/mol. The van der Waals surface area contributed by atoms with Gasteiger partial charge in [0.2, 0.25) is 15.9 Å². The molecule has 0 N–H and O–H groups in total. The van der Waals surface area contributed by atoms with Gasteiger partial charge in [-0.25, -0.2) is 8.42 Å². The van der Waals surface area contributed by atoms with Gasteiger partial charge in [0.25, 0.3) is 0 Å². The largest absolute Gasteiger partial charge is 0.340 e. The molecule has 0 aromatic carbocycles. The minimum absolute atomic E-state index is 0.215. The van der Waals surface area contributed by atoms with Crippen LogP contribution >= 0.6 is 0 Å². The normalized spacial score (nSPS) is 34.0. The van der Waals surface area contributed by atoms with Crippen molar-refractivity contribution in [2.75, 3.05) is 31.9 Å². The van der Waals surface area contributed by atoms with Crippen LogP contribution < -0.4 is 0 Å². The standard InChI is InChI=1S/C14H24N2O3S/c1-2-7-20(18,19)16-5-3-15(4-6-16)14(17)13-9-11-8-12(11)10-13/h11-13H,2-10H2,1H3. The molecule has 5 nitrogen and oxygen atoms in total. The predicted octanol–water partition coefficient (Wildman–Crippen LogP) is 0.916. The van der Waals surface area contributed by atoms with Gasteiger partial charge in [-0.1, -0.05) is 6.92 Å². The highest BCUT2D eigenvalue weighted by Gasteiger charge is 2.49. The number of sulfonamides is 1. The second-order valence-corrected chi connectivity index (χ2v) is 8.55. The summed E-state index contributed by atoms with van der Waals surface area (Å²) in [4.78, 5) is 14.3. The van der Waals surface area contributed by atoms with Crippen LogP contribution in [0.5, 0.6) is 0 Å². The predicted molar refractivity (Wildman–Crippen MR) is 76.6 cm³/mol. The molecule has 0 aromatic heterocycles. The van der Waals surface area contributed by atoms with Crippen molar-refractivity contribution in [2.45, 2.75) is 32.6 Å². The summed E-state index contributed by atoms with van der Waals surface area (Å²) in [6.07, 6.45) is 4.11. The maximum Gasteiger partial charge on any atom is 0.225 e. The fourth-order valence-electron chi connectivity index (χ4n) is 3.75. The molecule has 2 unspecified atom stereocenters. The molecular formula is C14H24N2O3S. The Morgan fingerprint density at radius 3 is 2.20 bits per heavy atom. The highest BCUT2D eigenvalue weighted by atomic mass is 32.2. The second kappa shape index (κ2) is 5.30. The molecule has 0 radical (unpaired) electrons. The van der Waals surface area contributed by atoms with Crippen LogP contribution in [0.4, 0.5) is 0 Å². The molecule has 6 heteroatoms. The molecule has 1 heterocycles. The van der Waals surface area contributed by atoms with Crippen LogP contribution in [0.15, 0.2) is 0 Å². The van der Waals surface area contributed by atoms with Crippen molar-refractivity contribution in [1.29, 1.82) is 0 Å². The number of hydrogen-bond donors (Lipinski definition) is 0. The van der Waals surface area contributed by atoms with E-state index >= 15 is 0 Å². The van der Waals surface area contributed by atoms with E-state index < -0.39 is 10.0 Å². The Bertz CT molecular complexity index is 473. The number of carbonyl (C=O) groups excluding carboxylic acids is 1. The monoisotopic (exact) mass is 300 g/mol. The lowest BCUT2D eigenvalue weighted by Gasteiger charge is -2.35. The Kier molecular flexibility index (Phi) is 3.79. The summed E-state index contributed by atoms with van der Waals surface area (Å²) in [5, 5.41) is 0. The zero-order valence-corrected chi connectivity index (χ0v) is 12.9. The molecule has 20 heavy (non-hydrogen) atoms. The van der Waals surface area contributed by atoms with Gasteiger partial charge in [-0.2, -0.15) is 4.31 Å². The average Bonchev–Trinajstić information content (AvgIpc) is 3.04. The van der Waals surface area contributed by atoms with Gasteiger partial charge in [-0.3, -0.25) is 4.79 Å². The zero-order chi connectivity index (χ0) is 14.3. The molecule has 1 aliphatic heterocycles. The third kappa shape index (κ3) is 2.72. The topological polar surface area (TPSA) is 57.7 Å². The first-order valence-corrected chi connectivity index (χ1v) is 9.38. The van der Waals surface area contributed by atoms with Crippen LogP contribution in [0.25, 0.3) is 0 Å². The smallest absolute Gasteiger partial charge is 0.225 e. The molecule has 3 aliphatic rings. The first kappa shape index (κ1) is 14.3. The zero-order valence-electron chi connectivity index (χ0n) is 12.1. The van der Waals surface area contributed by atoms with Crippen molar-refractivity contribution in [3.8, 4) is 0 Å². The van der Waals surface area contributed by atoms with E-state index in [0.29, 0.717) is 32.6 Å². The molecule has 2 aliphatic carbocycles. The van der Waals surface area contributed by atoms with Crippen LogP contribution in [0, 0.1) is 17.8 Å².